The lowest BCUT2D eigenvalue weighted by Crippen LogP contribution is -2.59. The van der Waals surface area contributed by atoms with Crippen LogP contribution in [0.15, 0.2) is 55.6 Å². The van der Waals surface area contributed by atoms with Gasteiger partial charge in [-0.3, -0.25) is 14.4 Å². The quantitative estimate of drug-likeness (QED) is 0.172. The Labute approximate surface area is 263 Å². The van der Waals surface area contributed by atoms with Crippen molar-refractivity contribution < 1.29 is 19.5 Å². The third-order valence-corrected chi connectivity index (χ3v) is 12.1. The second-order valence-electron chi connectivity index (χ2n) is 12.7. The molecule has 0 radical (unpaired) electrons. The standard InChI is InChI=1S/C33H46BrN3O4S/c1-6-17-35(22-23-15-11-10-12-16-23)29(39)25-26-30(40)36(19-13-8-9-14-20-38)28(33(26)21-24(34)27(25)42-33)31(41)37(18-7-2)32(3,4)5/h6-7,10-12,15-16,24-28,38H,1-2,8-9,13-14,17-22H2,3-5H3/t24?,25-,26+,27-,28?,33?/m1/s1. The van der Waals surface area contributed by atoms with E-state index in [4.69, 9.17) is 0 Å². The van der Waals surface area contributed by atoms with Crippen LogP contribution in [0, 0.1) is 11.8 Å². The molecular weight excluding hydrogens is 614 g/mol. The molecule has 0 aromatic heterocycles. The summed E-state index contributed by atoms with van der Waals surface area (Å²) in [4.78, 5) is 48.9. The molecule has 3 aliphatic heterocycles. The average Bonchev–Trinajstić information content (AvgIpc) is 3.54. The summed E-state index contributed by atoms with van der Waals surface area (Å²) in [5.74, 6) is -1.28. The number of aliphatic hydroxyl groups excluding tert-OH is 1. The Kier molecular flexibility index (Phi) is 10.7. The van der Waals surface area contributed by atoms with Crippen molar-refractivity contribution in [3.8, 4) is 0 Å². The fourth-order valence-corrected chi connectivity index (χ4v) is 10.7. The summed E-state index contributed by atoms with van der Waals surface area (Å²) in [6.07, 6.45) is 7.34. The molecule has 0 saturated carbocycles. The van der Waals surface area contributed by atoms with Crippen LogP contribution in [-0.4, -0.2) is 90.2 Å². The van der Waals surface area contributed by atoms with Gasteiger partial charge in [-0.05, 0) is 45.6 Å². The molecule has 3 aliphatic rings. The first-order valence-corrected chi connectivity index (χ1v) is 16.9. The number of hydrogen-bond donors (Lipinski definition) is 1. The van der Waals surface area contributed by atoms with Gasteiger partial charge in [-0.25, -0.2) is 0 Å². The summed E-state index contributed by atoms with van der Waals surface area (Å²) >= 11 is 5.57. The fourth-order valence-electron chi connectivity index (χ4n) is 7.05. The highest BCUT2D eigenvalue weighted by molar-refractivity contribution is 9.09. The maximum atomic E-state index is 14.6. The average molecular weight is 661 g/mol. The summed E-state index contributed by atoms with van der Waals surface area (Å²) in [6.45, 7) is 15.6. The van der Waals surface area contributed by atoms with Crippen LogP contribution >= 0.6 is 27.7 Å². The molecule has 6 atom stereocenters. The monoisotopic (exact) mass is 659 g/mol. The molecule has 3 fully saturated rings. The highest BCUT2D eigenvalue weighted by Gasteiger charge is 2.76. The number of carbonyl (C=O) groups is 3. The molecule has 3 heterocycles. The lowest BCUT2D eigenvalue weighted by molar-refractivity contribution is -0.146. The van der Waals surface area contributed by atoms with E-state index in [9.17, 15) is 19.5 Å². The number of fused-ring (bicyclic) bond motifs is 1. The second-order valence-corrected chi connectivity index (χ2v) is 15.5. The first-order chi connectivity index (χ1) is 20.0. The highest BCUT2D eigenvalue weighted by atomic mass is 79.9. The summed E-state index contributed by atoms with van der Waals surface area (Å²) in [7, 11) is 0. The minimum Gasteiger partial charge on any atom is -0.396 e. The van der Waals surface area contributed by atoms with Crippen LogP contribution in [0.4, 0.5) is 0 Å². The zero-order valence-electron chi connectivity index (χ0n) is 25.2. The third kappa shape index (κ3) is 6.25. The zero-order valence-corrected chi connectivity index (χ0v) is 27.6. The number of alkyl halides is 1. The predicted molar refractivity (Wildman–Crippen MR) is 173 cm³/mol. The topological polar surface area (TPSA) is 81.2 Å². The van der Waals surface area contributed by atoms with Crippen molar-refractivity contribution in [1.82, 2.24) is 14.7 Å². The number of rotatable bonds is 14. The fraction of sp³-hybridized carbons (Fsp3) is 0.606. The summed E-state index contributed by atoms with van der Waals surface area (Å²) in [6, 6.07) is 9.23. The molecule has 3 saturated heterocycles. The molecule has 2 bridgehead atoms. The summed E-state index contributed by atoms with van der Waals surface area (Å²) < 4.78 is -0.685. The van der Waals surface area contributed by atoms with Crippen LogP contribution in [0.3, 0.4) is 0 Å². The second kappa shape index (κ2) is 13.7. The minimum absolute atomic E-state index is 0.0186. The van der Waals surface area contributed by atoms with E-state index < -0.39 is 28.2 Å². The van der Waals surface area contributed by atoms with Gasteiger partial charge in [0.2, 0.25) is 17.7 Å². The Morgan fingerprint density at radius 1 is 1.10 bits per heavy atom. The van der Waals surface area contributed by atoms with Gasteiger partial charge in [-0.1, -0.05) is 71.3 Å². The smallest absolute Gasteiger partial charge is 0.247 e. The Hall–Kier alpha value is -2.10. The van der Waals surface area contributed by atoms with E-state index in [2.05, 4.69) is 29.1 Å². The lowest BCUT2D eigenvalue weighted by Gasteiger charge is -2.42. The van der Waals surface area contributed by atoms with Crippen LogP contribution in [-0.2, 0) is 20.9 Å². The molecule has 9 heteroatoms. The number of hydrogen-bond acceptors (Lipinski definition) is 5. The first kappa shape index (κ1) is 32.8. The number of benzene rings is 1. The molecular formula is C33H46BrN3O4S. The van der Waals surface area contributed by atoms with Gasteiger partial charge >= 0.3 is 0 Å². The Balaban J connectivity index is 1.72. The van der Waals surface area contributed by atoms with Crippen molar-refractivity contribution in [2.45, 2.75) is 85.8 Å². The minimum atomic E-state index is -0.685. The number of aliphatic hydroxyl groups is 1. The maximum Gasteiger partial charge on any atom is 0.247 e. The van der Waals surface area contributed by atoms with E-state index in [1.54, 1.807) is 28.8 Å². The molecule has 230 valence electrons. The summed E-state index contributed by atoms with van der Waals surface area (Å²) in [5, 5.41) is 9.11. The SMILES string of the molecule is C=CCN(Cc1ccccc1)C(=O)[C@H]1[C@@H]2SC3(CC2Br)C(C(=O)N(CC=C)C(C)(C)C)N(CCCCCCO)C(=O)[C@H]13. The van der Waals surface area contributed by atoms with E-state index in [-0.39, 0.29) is 34.4 Å². The molecule has 3 amide bonds. The number of amides is 3. The van der Waals surface area contributed by atoms with Gasteiger partial charge in [0.1, 0.15) is 6.04 Å². The van der Waals surface area contributed by atoms with Crippen molar-refractivity contribution >= 4 is 45.4 Å². The molecule has 4 rings (SSSR count). The largest absolute Gasteiger partial charge is 0.396 e. The number of likely N-dealkylation sites (tertiary alicyclic amines) is 1. The van der Waals surface area contributed by atoms with Gasteiger partial charge in [0.25, 0.3) is 0 Å². The first-order valence-electron chi connectivity index (χ1n) is 15.1. The molecule has 7 nitrogen and oxygen atoms in total. The van der Waals surface area contributed by atoms with Crippen LogP contribution in [0.25, 0.3) is 0 Å². The number of thioether (sulfide) groups is 1. The predicted octanol–water partition coefficient (Wildman–Crippen LogP) is 5.03. The Bertz CT molecular complexity index is 1160. The maximum absolute atomic E-state index is 14.6. The molecule has 3 unspecified atom stereocenters. The summed E-state index contributed by atoms with van der Waals surface area (Å²) in [5.41, 5.74) is 0.561. The normalized spacial score (nSPS) is 28.1. The zero-order chi connectivity index (χ0) is 30.7. The van der Waals surface area contributed by atoms with Crippen molar-refractivity contribution in [3.63, 3.8) is 0 Å². The van der Waals surface area contributed by atoms with Gasteiger partial charge in [-0.2, -0.15) is 0 Å². The Morgan fingerprint density at radius 2 is 1.76 bits per heavy atom. The van der Waals surface area contributed by atoms with Gasteiger partial charge < -0.3 is 19.8 Å². The van der Waals surface area contributed by atoms with Gasteiger partial charge in [-0.15, -0.1) is 24.9 Å². The molecule has 1 spiro atoms. The Morgan fingerprint density at radius 3 is 2.38 bits per heavy atom. The molecule has 1 aromatic rings. The highest BCUT2D eigenvalue weighted by Crippen LogP contribution is 2.68. The molecule has 42 heavy (non-hydrogen) atoms. The van der Waals surface area contributed by atoms with E-state index in [1.807, 2.05) is 60.9 Å². The van der Waals surface area contributed by atoms with Crippen molar-refractivity contribution in [3.05, 3.63) is 61.2 Å². The van der Waals surface area contributed by atoms with Crippen LogP contribution in [0.5, 0.6) is 0 Å². The van der Waals surface area contributed by atoms with Crippen LogP contribution in [0.2, 0.25) is 0 Å². The molecule has 1 N–H and O–H groups in total. The van der Waals surface area contributed by atoms with Crippen molar-refractivity contribution in [2.75, 3.05) is 26.2 Å². The van der Waals surface area contributed by atoms with Gasteiger partial charge in [0, 0.05) is 48.4 Å². The number of nitrogens with zero attached hydrogens (tertiary/aromatic N) is 3. The van der Waals surface area contributed by atoms with Crippen molar-refractivity contribution in [1.29, 1.82) is 0 Å². The molecule has 0 aliphatic carbocycles. The third-order valence-electron chi connectivity index (χ3n) is 8.88. The lowest BCUT2D eigenvalue weighted by atomic mass is 9.70. The molecule has 1 aromatic carbocycles. The van der Waals surface area contributed by atoms with E-state index in [0.29, 0.717) is 32.6 Å². The van der Waals surface area contributed by atoms with Gasteiger partial charge in [0.15, 0.2) is 0 Å². The van der Waals surface area contributed by atoms with E-state index in [1.165, 1.54) is 0 Å². The number of halogens is 1. The number of carbonyl (C=O) groups excluding carboxylic acids is 3. The van der Waals surface area contributed by atoms with E-state index in [0.717, 1.165) is 31.2 Å². The van der Waals surface area contributed by atoms with Gasteiger partial charge in [0.05, 0.1) is 16.6 Å². The van der Waals surface area contributed by atoms with E-state index >= 15 is 0 Å². The number of unbranched alkanes of at least 4 members (excludes halogenated alkanes) is 3. The van der Waals surface area contributed by atoms with Crippen LogP contribution in [0.1, 0.15) is 58.4 Å². The van der Waals surface area contributed by atoms with Crippen LogP contribution < -0.4 is 0 Å². The van der Waals surface area contributed by atoms with Crippen molar-refractivity contribution in [2.24, 2.45) is 11.8 Å².